The van der Waals surface area contributed by atoms with Gasteiger partial charge in [0.2, 0.25) is 0 Å². The highest BCUT2D eigenvalue weighted by Gasteiger charge is 2.33. The second-order valence-electron chi connectivity index (χ2n) is 7.05. The van der Waals surface area contributed by atoms with E-state index in [0.29, 0.717) is 11.1 Å². The third-order valence-corrected chi connectivity index (χ3v) is 3.73. The predicted octanol–water partition coefficient (Wildman–Crippen LogP) is 4.93. The largest absolute Gasteiger partial charge is 0.444 e. The number of amides is 1. The maximum Gasteiger partial charge on any atom is 0.417 e. The zero-order valence-electron chi connectivity index (χ0n) is 15.3. The molecule has 0 fully saturated rings. The van der Waals surface area contributed by atoms with Gasteiger partial charge in [-0.2, -0.15) is 13.2 Å². The Bertz CT molecular complexity index is 780. The Labute approximate surface area is 156 Å². The molecule has 2 N–H and O–H groups in total. The monoisotopic (exact) mass is 381 g/mol. The molecule has 0 radical (unpaired) electrons. The molecule has 0 aliphatic rings. The fourth-order valence-corrected chi connectivity index (χ4v) is 2.56. The number of aliphatic hydroxyl groups excluding tert-OH is 1. The molecule has 7 heteroatoms. The van der Waals surface area contributed by atoms with Crippen molar-refractivity contribution in [3.05, 3.63) is 59.7 Å². The fourth-order valence-electron chi connectivity index (χ4n) is 2.56. The predicted molar refractivity (Wildman–Crippen MR) is 96.1 cm³/mol. The molecule has 2 aromatic carbocycles. The molecule has 0 heterocycles. The van der Waals surface area contributed by atoms with Crippen LogP contribution in [0, 0.1) is 0 Å². The maximum atomic E-state index is 13.2. The number of hydrogen-bond acceptors (Lipinski definition) is 3. The van der Waals surface area contributed by atoms with E-state index in [1.165, 1.54) is 24.3 Å². The quantitative estimate of drug-likeness (QED) is 0.789. The van der Waals surface area contributed by atoms with Crippen molar-refractivity contribution < 1.29 is 27.8 Å². The van der Waals surface area contributed by atoms with Crippen molar-refractivity contribution in [1.29, 1.82) is 0 Å². The molecular formula is C20H22F3NO3. The van der Waals surface area contributed by atoms with Gasteiger partial charge in [0, 0.05) is 0 Å². The molecule has 1 amide bonds. The molecule has 0 aromatic heterocycles. The normalized spacial score (nSPS) is 13.1. The van der Waals surface area contributed by atoms with Crippen LogP contribution in [0.2, 0.25) is 0 Å². The molecule has 0 aliphatic heterocycles. The number of carbonyl (C=O) groups is 1. The molecule has 4 nitrogen and oxygen atoms in total. The van der Waals surface area contributed by atoms with E-state index >= 15 is 0 Å². The first-order valence-corrected chi connectivity index (χ1v) is 8.38. The van der Waals surface area contributed by atoms with Crippen LogP contribution in [0.15, 0.2) is 48.5 Å². The third kappa shape index (κ3) is 5.72. The molecule has 0 saturated carbocycles. The first-order valence-electron chi connectivity index (χ1n) is 8.38. The number of halogens is 3. The van der Waals surface area contributed by atoms with Gasteiger partial charge in [0.05, 0.1) is 18.2 Å². The van der Waals surface area contributed by atoms with Gasteiger partial charge in [0.1, 0.15) is 5.60 Å². The number of alkyl carbamates (subject to hydrolysis) is 1. The first kappa shape index (κ1) is 20.8. The minimum absolute atomic E-state index is 0.0669. The number of aliphatic hydroxyl groups is 1. The van der Waals surface area contributed by atoms with Crippen molar-refractivity contribution in [2.45, 2.75) is 38.6 Å². The number of hydrogen-bond donors (Lipinski definition) is 2. The van der Waals surface area contributed by atoms with E-state index in [1.54, 1.807) is 39.0 Å². The summed E-state index contributed by atoms with van der Waals surface area (Å²) in [7, 11) is 0. The molecular weight excluding hydrogens is 359 g/mol. The standard InChI is InChI=1S/C20H22F3NO3/c1-19(2,3)27-18(26)24-17(12-25)14-10-8-13(9-11-14)15-6-4-5-7-16(15)20(21,22)23/h4-11,17,25H,12H2,1-3H3,(H,24,26)/t17-/m0/s1. The Morgan fingerprint density at radius 2 is 1.67 bits per heavy atom. The van der Waals surface area contributed by atoms with Crippen molar-refractivity contribution >= 4 is 6.09 Å². The minimum atomic E-state index is -4.46. The molecule has 146 valence electrons. The van der Waals surface area contributed by atoms with Crippen LogP contribution in [-0.2, 0) is 10.9 Å². The van der Waals surface area contributed by atoms with Gasteiger partial charge < -0.3 is 15.2 Å². The number of ether oxygens (including phenoxy) is 1. The average molecular weight is 381 g/mol. The molecule has 2 rings (SSSR count). The Kier molecular flexibility index (Phi) is 6.15. The van der Waals surface area contributed by atoms with Gasteiger partial charge in [-0.05, 0) is 43.5 Å². The van der Waals surface area contributed by atoms with Gasteiger partial charge in [-0.1, -0.05) is 42.5 Å². The Hall–Kier alpha value is -2.54. The molecule has 0 unspecified atom stereocenters. The summed E-state index contributed by atoms with van der Waals surface area (Å²) in [6.07, 6.45) is -5.14. The lowest BCUT2D eigenvalue weighted by Crippen LogP contribution is -2.36. The van der Waals surface area contributed by atoms with E-state index in [1.807, 2.05) is 0 Å². The van der Waals surface area contributed by atoms with Crippen LogP contribution in [0.1, 0.15) is 37.9 Å². The highest BCUT2D eigenvalue weighted by Crippen LogP contribution is 2.37. The lowest BCUT2D eigenvalue weighted by Gasteiger charge is -2.23. The van der Waals surface area contributed by atoms with Crippen molar-refractivity contribution in [2.75, 3.05) is 6.61 Å². The summed E-state index contributed by atoms with van der Waals surface area (Å²) >= 11 is 0. The zero-order chi connectivity index (χ0) is 20.2. The minimum Gasteiger partial charge on any atom is -0.444 e. The van der Waals surface area contributed by atoms with E-state index < -0.39 is 29.5 Å². The summed E-state index contributed by atoms with van der Waals surface area (Å²) < 4.78 is 44.7. The summed E-state index contributed by atoms with van der Waals surface area (Å²) in [4.78, 5) is 11.9. The lowest BCUT2D eigenvalue weighted by atomic mass is 9.97. The number of nitrogens with one attached hydrogen (secondary N) is 1. The fraction of sp³-hybridized carbons (Fsp3) is 0.350. The van der Waals surface area contributed by atoms with Gasteiger partial charge >= 0.3 is 12.3 Å². The summed E-state index contributed by atoms with van der Waals surface area (Å²) in [5.74, 6) is 0. The van der Waals surface area contributed by atoms with Crippen LogP contribution in [0.4, 0.5) is 18.0 Å². The topological polar surface area (TPSA) is 58.6 Å². The van der Waals surface area contributed by atoms with E-state index in [-0.39, 0.29) is 12.2 Å². The van der Waals surface area contributed by atoms with Crippen LogP contribution in [0.3, 0.4) is 0 Å². The SMILES string of the molecule is CC(C)(C)OC(=O)N[C@@H](CO)c1ccc(-c2ccccc2C(F)(F)F)cc1. The van der Waals surface area contributed by atoms with E-state index in [9.17, 15) is 23.1 Å². The smallest absolute Gasteiger partial charge is 0.417 e. The first-order chi connectivity index (χ1) is 12.5. The summed E-state index contributed by atoms with van der Waals surface area (Å²) in [6.45, 7) is 4.77. The van der Waals surface area contributed by atoms with Crippen LogP contribution >= 0.6 is 0 Å². The van der Waals surface area contributed by atoms with Gasteiger partial charge in [0.15, 0.2) is 0 Å². The highest BCUT2D eigenvalue weighted by atomic mass is 19.4. The Morgan fingerprint density at radius 3 is 2.19 bits per heavy atom. The molecule has 0 aliphatic carbocycles. The molecule has 0 spiro atoms. The maximum absolute atomic E-state index is 13.2. The second-order valence-corrected chi connectivity index (χ2v) is 7.05. The molecule has 1 atom stereocenters. The Balaban J connectivity index is 2.23. The molecule has 2 aromatic rings. The molecule has 0 saturated heterocycles. The van der Waals surface area contributed by atoms with E-state index in [2.05, 4.69) is 5.32 Å². The van der Waals surface area contributed by atoms with E-state index in [4.69, 9.17) is 4.74 Å². The van der Waals surface area contributed by atoms with Crippen molar-refractivity contribution in [3.63, 3.8) is 0 Å². The van der Waals surface area contributed by atoms with Gasteiger partial charge in [-0.25, -0.2) is 4.79 Å². The molecule has 27 heavy (non-hydrogen) atoms. The van der Waals surface area contributed by atoms with Gasteiger partial charge in [-0.3, -0.25) is 0 Å². The average Bonchev–Trinajstić information content (AvgIpc) is 2.57. The third-order valence-electron chi connectivity index (χ3n) is 3.73. The number of carbonyl (C=O) groups excluding carboxylic acids is 1. The zero-order valence-corrected chi connectivity index (χ0v) is 15.3. The van der Waals surface area contributed by atoms with Gasteiger partial charge in [0.25, 0.3) is 0 Å². The summed E-state index contributed by atoms with van der Waals surface area (Å²) in [5, 5.41) is 12.1. The highest BCUT2D eigenvalue weighted by molar-refractivity contribution is 5.70. The van der Waals surface area contributed by atoms with Crippen LogP contribution in [0.25, 0.3) is 11.1 Å². The van der Waals surface area contributed by atoms with Crippen molar-refractivity contribution in [2.24, 2.45) is 0 Å². The summed E-state index contributed by atoms with van der Waals surface area (Å²) in [6, 6.07) is 10.8. The second kappa shape index (κ2) is 8.00. The van der Waals surface area contributed by atoms with Crippen molar-refractivity contribution in [3.8, 4) is 11.1 Å². The number of rotatable bonds is 4. The molecule has 0 bridgehead atoms. The van der Waals surface area contributed by atoms with E-state index in [0.717, 1.165) is 6.07 Å². The van der Waals surface area contributed by atoms with Crippen molar-refractivity contribution in [1.82, 2.24) is 5.32 Å². The van der Waals surface area contributed by atoms with Crippen LogP contribution in [-0.4, -0.2) is 23.4 Å². The number of benzene rings is 2. The van der Waals surface area contributed by atoms with Crippen LogP contribution in [0.5, 0.6) is 0 Å². The van der Waals surface area contributed by atoms with Crippen LogP contribution < -0.4 is 5.32 Å². The Morgan fingerprint density at radius 1 is 1.07 bits per heavy atom. The van der Waals surface area contributed by atoms with Gasteiger partial charge in [-0.15, -0.1) is 0 Å². The lowest BCUT2D eigenvalue weighted by molar-refractivity contribution is -0.137. The summed E-state index contributed by atoms with van der Waals surface area (Å²) in [5.41, 5.74) is -0.396. The number of alkyl halides is 3.